The van der Waals surface area contributed by atoms with Crippen molar-refractivity contribution in [2.45, 2.75) is 52.1 Å². The number of rotatable bonds is 8. The van der Waals surface area contributed by atoms with Crippen LogP contribution < -0.4 is 0 Å². The highest BCUT2D eigenvalue weighted by molar-refractivity contribution is 5.65. The predicted octanol–water partition coefficient (Wildman–Crippen LogP) is 2.53. The summed E-state index contributed by atoms with van der Waals surface area (Å²) < 4.78 is 10.1. The molecule has 0 aliphatic rings. The monoisotopic (exact) mass is 202 g/mol. The van der Waals surface area contributed by atoms with Crippen molar-refractivity contribution in [3.05, 3.63) is 0 Å². The fraction of sp³-hybridized carbons (Fsp3) is 0.909. The molecule has 0 aromatic rings. The zero-order valence-corrected chi connectivity index (χ0v) is 9.54. The summed E-state index contributed by atoms with van der Waals surface area (Å²) >= 11 is 0. The van der Waals surface area contributed by atoms with Gasteiger partial charge in [0.1, 0.15) is 6.61 Å². The van der Waals surface area contributed by atoms with Crippen LogP contribution in [-0.2, 0) is 14.3 Å². The maximum absolute atomic E-state index is 10.6. The van der Waals surface area contributed by atoms with Crippen LogP contribution >= 0.6 is 0 Å². The standard InChI is InChI=1S/C11H22O3/c1-4-5-6-7-8-11(13-3)9-14-10(2)12/h11H,4-9H2,1-3H3. The first-order valence-electron chi connectivity index (χ1n) is 5.36. The van der Waals surface area contributed by atoms with Gasteiger partial charge in [0, 0.05) is 14.0 Å². The third-order valence-electron chi connectivity index (χ3n) is 2.19. The van der Waals surface area contributed by atoms with Gasteiger partial charge in [-0.15, -0.1) is 0 Å². The Morgan fingerprint density at radius 2 is 2.00 bits per heavy atom. The fourth-order valence-electron chi connectivity index (χ4n) is 1.28. The highest BCUT2D eigenvalue weighted by atomic mass is 16.6. The van der Waals surface area contributed by atoms with Crippen LogP contribution in [0.25, 0.3) is 0 Å². The number of ether oxygens (including phenoxy) is 2. The van der Waals surface area contributed by atoms with Crippen molar-refractivity contribution in [2.75, 3.05) is 13.7 Å². The SMILES string of the molecule is CCCCCCC(COC(C)=O)OC. The van der Waals surface area contributed by atoms with Crippen LogP contribution in [0.1, 0.15) is 46.0 Å². The molecule has 0 bridgehead atoms. The molecule has 0 radical (unpaired) electrons. The Morgan fingerprint density at radius 1 is 1.29 bits per heavy atom. The molecular formula is C11H22O3. The maximum Gasteiger partial charge on any atom is 0.302 e. The molecule has 3 nitrogen and oxygen atoms in total. The average Bonchev–Trinajstić information content (AvgIpc) is 2.16. The molecule has 3 heteroatoms. The Labute approximate surface area is 86.8 Å². The first kappa shape index (κ1) is 13.4. The molecule has 0 saturated carbocycles. The number of methoxy groups -OCH3 is 1. The van der Waals surface area contributed by atoms with Gasteiger partial charge in [0.25, 0.3) is 0 Å². The molecule has 84 valence electrons. The lowest BCUT2D eigenvalue weighted by molar-refractivity contribution is -0.144. The van der Waals surface area contributed by atoms with Crippen LogP contribution in [0, 0.1) is 0 Å². The third kappa shape index (κ3) is 8.05. The molecule has 0 N–H and O–H groups in total. The van der Waals surface area contributed by atoms with E-state index in [9.17, 15) is 4.79 Å². The Morgan fingerprint density at radius 3 is 2.50 bits per heavy atom. The van der Waals surface area contributed by atoms with E-state index in [2.05, 4.69) is 6.92 Å². The number of esters is 1. The first-order chi connectivity index (χ1) is 6.70. The summed E-state index contributed by atoms with van der Waals surface area (Å²) in [5.41, 5.74) is 0. The highest BCUT2D eigenvalue weighted by Gasteiger charge is 2.08. The molecule has 0 aromatic heterocycles. The van der Waals surface area contributed by atoms with Crippen LogP contribution in [0.2, 0.25) is 0 Å². The minimum atomic E-state index is -0.236. The molecule has 14 heavy (non-hydrogen) atoms. The van der Waals surface area contributed by atoms with Crippen molar-refractivity contribution in [1.29, 1.82) is 0 Å². The molecule has 0 saturated heterocycles. The van der Waals surface area contributed by atoms with E-state index >= 15 is 0 Å². The van der Waals surface area contributed by atoms with E-state index in [1.54, 1.807) is 7.11 Å². The summed E-state index contributed by atoms with van der Waals surface area (Å²) in [5.74, 6) is -0.236. The van der Waals surface area contributed by atoms with Crippen molar-refractivity contribution < 1.29 is 14.3 Å². The van der Waals surface area contributed by atoms with Gasteiger partial charge in [-0.2, -0.15) is 0 Å². The van der Waals surface area contributed by atoms with E-state index < -0.39 is 0 Å². The van der Waals surface area contributed by atoms with E-state index in [-0.39, 0.29) is 12.1 Å². The van der Waals surface area contributed by atoms with Crippen molar-refractivity contribution in [3.8, 4) is 0 Å². The molecule has 0 fully saturated rings. The van der Waals surface area contributed by atoms with Gasteiger partial charge in [-0.25, -0.2) is 0 Å². The zero-order chi connectivity index (χ0) is 10.8. The molecule has 0 aliphatic carbocycles. The number of hydrogen-bond acceptors (Lipinski definition) is 3. The molecule has 0 spiro atoms. The number of unbranched alkanes of at least 4 members (excludes halogenated alkanes) is 3. The number of hydrogen-bond donors (Lipinski definition) is 0. The molecule has 1 unspecified atom stereocenters. The van der Waals surface area contributed by atoms with Gasteiger partial charge >= 0.3 is 5.97 Å². The lowest BCUT2D eigenvalue weighted by atomic mass is 10.1. The fourth-order valence-corrected chi connectivity index (χ4v) is 1.28. The van der Waals surface area contributed by atoms with E-state index in [0.29, 0.717) is 6.61 Å². The molecule has 0 rings (SSSR count). The molecule has 0 amide bonds. The van der Waals surface area contributed by atoms with Crippen molar-refractivity contribution in [1.82, 2.24) is 0 Å². The van der Waals surface area contributed by atoms with E-state index in [0.717, 1.165) is 12.8 Å². The van der Waals surface area contributed by atoms with Crippen LogP contribution in [0.3, 0.4) is 0 Å². The first-order valence-corrected chi connectivity index (χ1v) is 5.36. The van der Waals surface area contributed by atoms with Crippen LogP contribution in [0.5, 0.6) is 0 Å². The Kier molecular flexibility index (Phi) is 8.64. The van der Waals surface area contributed by atoms with Gasteiger partial charge < -0.3 is 9.47 Å². The smallest absolute Gasteiger partial charge is 0.302 e. The lowest BCUT2D eigenvalue weighted by Crippen LogP contribution is -2.19. The minimum absolute atomic E-state index is 0.0655. The normalized spacial score (nSPS) is 12.5. The second-order valence-electron chi connectivity index (χ2n) is 3.51. The Bertz CT molecular complexity index is 145. The van der Waals surface area contributed by atoms with Gasteiger partial charge in [-0.1, -0.05) is 32.6 Å². The highest BCUT2D eigenvalue weighted by Crippen LogP contribution is 2.08. The average molecular weight is 202 g/mol. The minimum Gasteiger partial charge on any atom is -0.463 e. The topological polar surface area (TPSA) is 35.5 Å². The summed E-state index contributed by atoms with van der Waals surface area (Å²) in [4.78, 5) is 10.6. The molecule has 0 aromatic carbocycles. The second kappa shape index (κ2) is 9.00. The largest absolute Gasteiger partial charge is 0.463 e. The summed E-state index contributed by atoms with van der Waals surface area (Å²) in [6.07, 6.45) is 5.93. The van der Waals surface area contributed by atoms with Gasteiger partial charge in [-0.3, -0.25) is 4.79 Å². The number of carbonyl (C=O) groups excluding carboxylic acids is 1. The summed E-state index contributed by atoms with van der Waals surface area (Å²) in [6.45, 7) is 3.99. The van der Waals surface area contributed by atoms with Crippen molar-refractivity contribution in [3.63, 3.8) is 0 Å². The molecular weight excluding hydrogens is 180 g/mol. The van der Waals surface area contributed by atoms with E-state index in [1.165, 1.54) is 26.2 Å². The second-order valence-corrected chi connectivity index (χ2v) is 3.51. The molecule has 0 heterocycles. The zero-order valence-electron chi connectivity index (χ0n) is 9.54. The van der Waals surface area contributed by atoms with Crippen LogP contribution in [0.15, 0.2) is 0 Å². The maximum atomic E-state index is 10.6. The van der Waals surface area contributed by atoms with Crippen molar-refractivity contribution in [2.24, 2.45) is 0 Å². The molecule has 1 atom stereocenters. The number of carbonyl (C=O) groups is 1. The third-order valence-corrected chi connectivity index (χ3v) is 2.19. The predicted molar refractivity (Wildman–Crippen MR) is 56.2 cm³/mol. The Balaban J connectivity index is 3.42. The van der Waals surface area contributed by atoms with Gasteiger partial charge in [0.05, 0.1) is 6.10 Å². The van der Waals surface area contributed by atoms with Crippen LogP contribution in [0.4, 0.5) is 0 Å². The van der Waals surface area contributed by atoms with Crippen molar-refractivity contribution >= 4 is 5.97 Å². The van der Waals surface area contributed by atoms with Gasteiger partial charge in [-0.05, 0) is 6.42 Å². The lowest BCUT2D eigenvalue weighted by Gasteiger charge is -2.14. The Hall–Kier alpha value is -0.570. The van der Waals surface area contributed by atoms with Gasteiger partial charge in [0.2, 0.25) is 0 Å². The van der Waals surface area contributed by atoms with E-state index in [1.807, 2.05) is 0 Å². The molecule has 0 aliphatic heterocycles. The van der Waals surface area contributed by atoms with Crippen LogP contribution in [-0.4, -0.2) is 25.8 Å². The summed E-state index contributed by atoms with van der Waals surface area (Å²) in [7, 11) is 1.66. The summed E-state index contributed by atoms with van der Waals surface area (Å²) in [5, 5.41) is 0. The summed E-state index contributed by atoms with van der Waals surface area (Å²) in [6, 6.07) is 0. The van der Waals surface area contributed by atoms with E-state index in [4.69, 9.17) is 9.47 Å². The van der Waals surface area contributed by atoms with Gasteiger partial charge in [0.15, 0.2) is 0 Å². The quantitative estimate of drug-likeness (QED) is 0.448.